The van der Waals surface area contributed by atoms with Gasteiger partial charge in [-0.25, -0.2) is 9.97 Å². The van der Waals surface area contributed by atoms with Crippen LogP contribution in [0.1, 0.15) is 16.1 Å². The predicted molar refractivity (Wildman–Crippen MR) is 103 cm³/mol. The van der Waals surface area contributed by atoms with E-state index in [9.17, 15) is 4.79 Å². The summed E-state index contributed by atoms with van der Waals surface area (Å²) in [5.74, 6) is 0.0676. The molecule has 0 aliphatic rings. The molecule has 0 aliphatic carbocycles. The molecule has 7 heteroatoms. The van der Waals surface area contributed by atoms with Gasteiger partial charge in [0.25, 0.3) is 5.91 Å². The van der Waals surface area contributed by atoms with E-state index in [1.54, 1.807) is 30.9 Å². The molecule has 0 fully saturated rings. The van der Waals surface area contributed by atoms with Crippen LogP contribution in [0.2, 0.25) is 0 Å². The Morgan fingerprint density at radius 1 is 0.889 bits per heavy atom. The van der Waals surface area contributed by atoms with Gasteiger partial charge in [0.2, 0.25) is 5.95 Å². The second-order valence-corrected chi connectivity index (χ2v) is 5.81. The fraction of sp³-hybridized carbons (Fsp3) is 0.0500. The molecule has 4 aromatic rings. The number of fused-ring (bicyclic) bond motifs is 1. The molecule has 1 aromatic carbocycles. The summed E-state index contributed by atoms with van der Waals surface area (Å²) >= 11 is 0. The van der Waals surface area contributed by atoms with Crippen LogP contribution in [0.5, 0.6) is 0 Å². The minimum Gasteiger partial charge on any atom is -0.350 e. The zero-order valence-corrected chi connectivity index (χ0v) is 14.3. The van der Waals surface area contributed by atoms with Crippen molar-refractivity contribution in [2.24, 2.45) is 0 Å². The van der Waals surface area contributed by atoms with Gasteiger partial charge >= 0.3 is 0 Å². The minimum absolute atomic E-state index is 0.273. The van der Waals surface area contributed by atoms with Gasteiger partial charge < -0.3 is 10.6 Å². The molecule has 0 atom stereocenters. The lowest BCUT2D eigenvalue weighted by molar-refractivity contribution is 0.102. The van der Waals surface area contributed by atoms with E-state index in [0.717, 1.165) is 16.5 Å². The molecule has 0 aliphatic heterocycles. The van der Waals surface area contributed by atoms with Crippen molar-refractivity contribution >= 4 is 28.4 Å². The molecular weight excluding hydrogens is 340 g/mol. The molecule has 3 heterocycles. The van der Waals surface area contributed by atoms with Crippen molar-refractivity contribution in [2.45, 2.75) is 6.54 Å². The highest BCUT2D eigenvalue weighted by Gasteiger charge is 2.11. The Bertz CT molecular complexity index is 1080. The van der Waals surface area contributed by atoms with E-state index >= 15 is 0 Å². The first-order chi connectivity index (χ1) is 13.3. The summed E-state index contributed by atoms with van der Waals surface area (Å²) in [4.78, 5) is 29.4. The van der Waals surface area contributed by atoms with Gasteiger partial charge in [-0.1, -0.05) is 18.2 Å². The maximum Gasteiger partial charge on any atom is 0.274 e. The van der Waals surface area contributed by atoms with E-state index in [4.69, 9.17) is 0 Å². The molecule has 0 spiro atoms. The Balaban J connectivity index is 1.50. The summed E-state index contributed by atoms with van der Waals surface area (Å²) in [6, 6.07) is 14.8. The Labute approximate surface area is 155 Å². The molecule has 27 heavy (non-hydrogen) atoms. The lowest BCUT2D eigenvalue weighted by Gasteiger charge is -2.09. The largest absolute Gasteiger partial charge is 0.350 e. The number of nitrogens with zero attached hydrogens (tertiary/aromatic N) is 4. The van der Waals surface area contributed by atoms with Crippen LogP contribution in [0, 0.1) is 0 Å². The summed E-state index contributed by atoms with van der Waals surface area (Å²) in [6.07, 6.45) is 6.70. The second-order valence-electron chi connectivity index (χ2n) is 5.81. The number of nitrogens with one attached hydrogen (secondary N) is 2. The van der Waals surface area contributed by atoms with E-state index < -0.39 is 0 Å². The third-order valence-electron chi connectivity index (χ3n) is 3.97. The topological polar surface area (TPSA) is 92.7 Å². The Kier molecular flexibility index (Phi) is 4.65. The van der Waals surface area contributed by atoms with E-state index in [2.05, 4.69) is 30.6 Å². The highest BCUT2D eigenvalue weighted by molar-refractivity contribution is 6.07. The molecule has 2 N–H and O–H groups in total. The van der Waals surface area contributed by atoms with Gasteiger partial charge in [-0.05, 0) is 35.9 Å². The van der Waals surface area contributed by atoms with Crippen LogP contribution in [0.3, 0.4) is 0 Å². The molecule has 7 nitrogen and oxygen atoms in total. The average Bonchev–Trinajstić information content (AvgIpc) is 2.73. The number of hydrogen-bond donors (Lipinski definition) is 2. The average molecular weight is 356 g/mol. The zero-order chi connectivity index (χ0) is 18.5. The van der Waals surface area contributed by atoms with Crippen LogP contribution in [0.25, 0.3) is 10.9 Å². The van der Waals surface area contributed by atoms with Crippen molar-refractivity contribution in [3.8, 4) is 0 Å². The Morgan fingerprint density at radius 2 is 1.74 bits per heavy atom. The molecule has 3 aromatic heterocycles. The SMILES string of the molecule is O=C(Nc1cccc2cccnc12)c1ccnc(NCc2ccncc2)n1. The maximum atomic E-state index is 12.6. The maximum absolute atomic E-state index is 12.6. The number of hydrogen-bond acceptors (Lipinski definition) is 6. The summed E-state index contributed by atoms with van der Waals surface area (Å²) in [6.45, 7) is 0.542. The van der Waals surface area contributed by atoms with Gasteiger partial charge in [0, 0.05) is 36.7 Å². The van der Waals surface area contributed by atoms with Crippen molar-refractivity contribution in [1.82, 2.24) is 19.9 Å². The third-order valence-corrected chi connectivity index (χ3v) is 3.97. The normalized spacial score (nSPS) is 10.5. The third kappa shape index (κ3) is 3.87. The molecular formula is C20H16N6O. The molecule has 0 bridgehead atoms. The number of benzene rings is 1. The number of pyridine rings is 2. The number of amides is 1. The number of para-hydroxylation sites is 1. The second kappa shape index (κ2) is 7.57. The molecule has 0 saturated carbocycles. The lowest BCUT2D eigenvalue weighted by Crippen LogP contribution is -2.15. The fourth-order valence-corrected chi connectivity index (χ4v) is 2.64. The van der Waals surface area contributed by atoms with E-state index in [1.165, 1.54) is 0 Å². The van der Waals surface area contributed by atoms with Gasteiger partial charge in [0.15, 0.2) is 0 Å². The molecule has 0 saturated heterocycles. The van der Waals surface area contributed by atoms with E-state index in [-0.39, 0.29) is 11.6 Å². The highest BCUT2D eigenvalue weighted by atomic mass is 16.1. The number of rotatable bonds is 5. The van der Waals surface area contributed by atoms with Crippen molar-refractivity contribution in [3.63, 3.8) is 0 Å². The van der Waals surface area contributed by atoms with Crippen LogP contribution in [-0.4, -0.2) is 25.8 Å². The molecule has 4 rings (SSSR count). The summed E-state index contributed by atoms with van der Waals surface area (Å²) in [7, 11) is 0. The first-order valence-electron chi connectivity index (χ1n) is 8.40. The molecule has 0 radical (unpaired) electrons. The van der Waals surface area contributed by atoms with Crippen LogP contribution >= 0.6 is 0 Å². The summed E-state index contributed by atoms with van der Waals surface area (Å²) < 4.78 is 0. The Morgan fingerprint density at radius 3 is 2.63 bits per heavy atom. The first kappa shape index (κ1) is 16.6. The number of carbonyl (C=O) groups excluding carboxylic acids is 1. The van der Waals surface area contributed by atoms with Gasteiger partial charge in [-0.2, -0.15) is 0 Å². The van der Waals surface area contributed by atoms with Crippen LogP contribution in [-0.2, 0) is 6.54 Å². The van der Waals surface area contributed by atoms with E-state index in [0.29, 0.717) is 18.2 Å². The van der Waals surface area contributed by atoms with Crippen LogP contribution in [0.4, 0.5) is 11.6 Å². The van der Waals surface area contributed by atoms with Gasteiger partial charge in [0.05, 0.1) is 11.2 Å². The molecule has 0 unspecified atom stereocenters. The van der Waals surface area contributed by atoms with Gasteiger partial charge in [-0.3, -0.25) is 14.8 Å². The number of carbonyl (C=O) groups is 1. The first-order valence-corrected chi connectivity index (χ1v) is 8.40. The van der Waals surface area contributed by atoms with Crippen molar-refractivity contribution < 1.29 is 4.79 Å². The standard InChI is InChI=1S/C20H16N6O/c27-19(25-16-5-1-3-15-4-2-9-22-18(15)16)17-8-12-23-20(26-17)24-13-14-6-10-21-11-7-14/h1-12H,13H2,(H,25,27)(H,23,24,26). The number of aromatic nitrogens is 4. The van der Waals surface area contributed by atoms with Crippen molar-refractivity contribution in [1.29, 1.82) is 0 Å². The van der Waals surface area contributed by atoms with E-state index in [1.807, 2.05) is 42.5 Å². The Hall–Kier alpha value is -3.87. The smallest absolute Gasteiger partial charge is 0.274 e. The predicted octanol–water partition coefficient (Wildman–Crippen LogP) is 3.28. The van der Waals surface area contributed by atoms with Crippen LogP contribution < -0.4 is 10.6 Å². The molecule has 132 valence electrons. The van der Waals surface area contributed by atoms with Crippen molar-refractivity contribution in [2.75, 3.05) is 10.6 Å². The summed E-state index contributed by atoms with van der Waals surface area (Å²) in [5, 5.41) is 6.94. The van der Waals surface area contributed by atoms with Crippen molar-refractivity contribution in [3.05, 3.63) is 84.6 Å². The zero-order valence-electron chi connectivity index (χ0n) is 14.3. The number of anilines is 2. The lowest BCUT2D eigenvalue weighted by atomic mass is 10.2. The van der Waals surface area contributed by atoms with Gasteiger partial charge in [-0.15, -0.1) is 0 Å². The highest BCUT2D eigenvalue weighted by Crippen LogP contribution is 2.21. The minimum atomic E-state index is -0.317. The fourth-order valence-electron chi connectivity index (χ4n) is 2.64. The van der Waals surface area contributed by atoms with Crippen LogP contribution in [0.15, 0.2) is 73.3 Å². The van der Waals surface area contributed by atoms with Gasteiger partial charge in [0.1, 0.15) is 5.69 Å². The monoisotopic (exact) mass is 356 g/mol. The summed E-state index contributed by atoms with van der Waals surface area (Å²) in [5.41, 5.74) is 2.70. The quantitative estimate of drug-likeness (QED) is 0.570. The molecule has 1 amide bonds.